The molecule has 3 heterocycles. The van der Waals surface area contributed by atoms with Crippen LogP contribution in [0.5, 0.6) is 17.4 Å². The summed E-state index contributed by atoms with van der Waals surface area (Å²) in [6, 6.07) is 6.01. The van der Waals surface area contributed by atoms with Crippen LogP contribution in [-0.4, -0.2) is 40.0 Å². The Morgan fingerprint density at radius 1 is 1.20 bits per heavy atom. The Bertz CT molecular complexity index is 880. The zero-order valence-corrected chi connectivity index (χ0v) is 13.9. The van der Waals surface area contributed by atoms with Crippen LogP contribution < -0.4 is 19.5 Å². The van der Waals surface area contributed by atoms with Crippen LogP contribution in [-0.2, 0) is 13.1 Å². The molecule has 1 aromatic carbocycles. The zero-order chi connectivity index (χ0) is 17.1. The zero-order valence-electron chi connectivity index (χ0n) is 13.9. The average molecular weight is 341 g/mol. The van der Waals surface area contributed by atoms with E-state index < -0.39 is 0 Å². The number of aromatic nitrogens is 4. The average Bonchev–Trinajstić information content (AvgIpc) is 3.27. The molecule has 4 rings (SSSR count). The first-order valence-electron chi connectivity index (χ1n) is 8.14. The fraction of sp³-hybridized carbons (Fsp3) is 0.353. The molecule has 0 amide bonds. The van der Waals surface area contributed by atoms with Gasteiger partial charge in [-0.15, -0.1) is 0 Å². The van der Waals surface area contributed by atoms with Gasteiger partial charge in [-0.1, -0.05) is 6.07 Å². The van der Waals surface area contributed by atoms with Crippen molar-refractivity contribution in [1.29, 1.82) is 0 Å². The summed E-state index contributed by atoms with van der Waals surface area (Å²) in [5.41, 5.74) is 2.66. The van der Waals surface area contributed by atoms with Gasteiger partial charge in [-0.2, -0.15) is 4.98 Å². The maximum Gasteiger partial charge on any atom is 0.245 e. The minimum absolute atomic E-state index is 0.305. The summed E-state index contributed by atoms with van der Waals surface area (Å²) >= 11 is 0. The molecule has 0 aliphatic carbocycles. The molecule has 8 heteroatoms. The number of hydrogen-bond donors (Lipinski definition) is 1. The maximum atomic E-state index is 5.39. The largest absolute Gasteiger partial charge is 0.479 e. The van der Waals surface area contributed by atoms with Crippen molar-refractivity contribution in [2.24, 2.45) is 0 Å². The van der Waals surface area contributed by atoms with Crippen molar-refractivity contribution in [3.8, 4) is 17.4 Å². The Hall–Kier alpha value is -2.87. The van der Waals surface area contributed by atoms with Crippen molar-refractivity contribution in [1.82, 2.24) is 24.8 Å². The summed E-state index contributed by atoms with van der Waals surface area (Å²) in [4.78, 5) is 12.7. The van der Waals surface area contributed by atoms with Crippen molar-refractivity contribution in [3.05, 3.63) is 36.4 Å². The number of nitrogens with one attached hydrogen (secondary N) is 1. The lowest BCUT2D eigenvalue weighted by Crippen LogP contribution is -2.16. The summed E-state index contributed by atoms with van der Waals surface area (Å²) in [7, 11) is 1.58. The standard InChI is InChI=1S/C17H19N5O3/c1-23-17-15-16(19-9-20-17)22(10-21-15)6-2-5-18-8-12-3-4-13-14(7-12)25-11-24-13/h3-4,7,9-10,18H,2,5-6,8,11H2,1H3. The third-order valence-corrected chi connectivity index (χ3v) is 4.08. The maximum absolute atomic E-state index is 5.39. The molecule has 1 N–H and O–H groups in total. The lowest BCUT2D eigenvalue weighted by Gasteiger charge is -2.07. The lowest BCUT2D eigenvalue weighted by atomic mass is 10.2. The molecule has 25 heavy (non-hydrogen) atoms. The van der Waals surface area contributed by atoms with E-state index in [0.29, 0.717) is 18.2 Å². The van der Waals surface area contributed by atoms with Crippen LogP contribution in [0.1, 0.15) is 12.0 Å². The van der Waals surface area contributed by atoms with E-state index in [1.54, 1.807) is 13.4 Å². The van der Waals surface area contributed by atoms with Gasteiger partial charge in [0.1, 0.15) is 6.33 Å². The molecule has 0 saturated carbocycles. The highest BCUT2D eigenvalue weighted by Gasteiger charge is 2.13. The van der Waals surface area contributed by atoms with E-state index in [-0.39, 0.29) is 0 Å². The number of nitrogens with zero attached hydrogens (tertiary/aromatic N) is 4. The molecule has 0 atom stereocenters. The third-order valence-electron chi connectivity index (χ3n) is 4.08. The molecule has 8 nitrogen and oxygen atoms in total. The van der Waals surface area contributed by atoms with Gasteiger partial charge in [0.2, 0.25) is 12.7 Å². The van der Waals surface area contributed by atoms with Crippen LogP contribution in [0.4, 0.5) is 0 Å². The second kappa shape index (κ2) is 6.94. The van der Waals surface area contributed by atoms with Crippen molar-refractivity contribution in [2.75, 3.05) is 20.4 Å². The molecule has 0 fully saturated rings. The Morgan fingerprint density at radius 2 is 2.12 bits per heavy atom. The molecule has 0 radical (unpaired) electrons. The number of ether oxygens (including phenoxy) is 3. The second-order valence-electron chi connectivity index (χ2n) is 5.71. The second-order valence-corrected chi connectivity index (χ2v) is 5.71. The normalized spacial score (nSPS) is 12.7. The predicted octanol–water partition coefficient (Wildman–Crippen LogP) is 1.74. The summed E-state index contributed by atoms with van der Waals surface area (Å²) in [6.07, 6.45) is 4.24. The number of hydrogen-bond acceptors (Lipinski definition) is 7. The topological polar surface area (TPSA) is 83.3 Å². The van der Waals surface area contributed by atoms with Crippen molar-refractivity contribution >= 4 is 11.2 Å². The Balaban J connectivity index is 1.29. The van der Waals surface area contributed by atoms with E-state index in [1.807, 2.05) is 22.8 Å². The number of benzene rings is 1. The van der Waals surface area contributed by atoms with E-state index in [4.69, 9.17) is 14.2 Å². The Labute approximate surface area is 144 Å². The van der Waals surface area contributed by atoms with Crippen LogP contribution in [0, 0.1) is 0 Å². The molecule has 0 bridgehead atoms. The van der Waals surface area contributed by atoms with Gasteiger partial charge in [0.25, 0.3) is 0 Å². The summed E-state index contributed by atoms with van der Waals surface area (Å²) in [5.74, 6) is 2.13. The van der Waals surface area contributed by atoms with E-state index >= 15 is 0 Å². The number of fused-ring (bicyclic) bond motifs is 2. The molecule has 2 aromatic heterocycles. The third kappa shape index (κ3) is 3.20. The highest BCUT2D eigenvalue weighted by Crippen LogP contribution is 2.32. The lowest BCUT2D eigenvalue weighted by molar-refractivity contribution is 0.174. The SMILES string of the molecule is COc1ncnc2c1ncn2CCCNCc1ccc2c(c1)OCO2. The molecular weight excluding hydrogens is 322 g/mol. The first-order chi connectivity index (χ1) is 12.3. The molecule has 130 valence electrons. The quantitative estimate of drug-likeness (QED) is 0.655. The van der Waals surface area contributed by atoms with Crippen LogP contribution in [0.25, 0.3) is 11.2 Å². The Morgan fingerprint density at radius 3 is 3.04 bits per heavy atom. The number of rotatable bonds is 7. The molecule has 0 unspecified atom stereocenters. The van der Waals surface area contributed by atoms with Crippen LogP contribution in [0.15, 0.2) is 30.9 Å². The highest BCUT2D eigenvalue weighted by atomic mass is 16.7. The summed E-state index contributed by atoms with van der Waals surface area (Å²) < 4.78 is 17.9. The van der Waals surface area contributed by atoms with E-state index in [2.05, 4.69) is 20.3 Å². The van der Waals surface area contributed by atoms with Crippen molar-refractivity contribution < 1.29 is 14.2 Å². The fourth-order valence-corrected chi connectivity index (χ4v) is 2.83. The van der Waals surface area contributed by atoms with Gasteiger partial charge in [0, 0.05) is 13.1 Å². The van der Waals surface area contributed by atoms with Crippen LogP contribution in [0.3, 0.4) is 0 Å². The van der Waals surface area contributed by atoms with Crippen molar-refractivity contribution in [2.45, 2.75) is 19.5 Å². The number of imidazole rings is 1. The fourth-order valence-electron chi connectivity index (χ4n) is 2.83. The van der Waals surface area contributed by atoms with Crippen LogP contribution in [0.2, 0.25) is 0 Å². The minimum Gasteiger partial charge on any atom is -0.479 e. The van der Waals surface area contributed by atoms with E-state index in [1.165, 1.54) is 11.9 Å². The minimum atomic E-state index is 0.305. The van der Waals surface area contributed by atoms with Gasteiger partial charge in [-0.3, -0.25) is 0 Å². The van der Waals surface area contributed by atoms with Crippen LogP contribution >= 0.6 is 0 Å². The first kappa shape index (κ1) is 15.6. The van der Waals surface area contributed by atoms with Gasteiger partial charge in [-0.05, 0) is 30.7 Å². The number of aryl methyl sites for hydroxylation is 1. The monoisotopic (exact) mass is 341 g/mol. The molecule has 0 spiro atoms. The smallest absolute Gasteiger partial charge is 0.245 e. The summed E-state index contributed by atoms with van der Waals surface area (Å²) in [6.45, 7) is 2.80. The number of methoxy groups -OCH3 is 1. The molecule has 0 saturated heterocycles. The van der Waals surface area contributed by atoms with Gasteiger partial charge in [-0.25, -0.2) is 9.97 Å². The van der Waals surface area contributed by atoms with Gasteiger partial charge in [0.15, 0.2) is 22.7 Å². The Kier molecular flexibility index (Phi) is 4.34. The van der Waals surface area contributed by atoms with Gasteiger partial charge >= 0.3 is 0 Å². The highest BCUT2D eigenvalue weighted by molar-refractivity contribution is 5.75. The molecule has 1 aliphatic heterocycles. The summed E-state index contributed by atoms with van der Waals surface area (Å²) in [5, 5.41) is 3.44. The van der Waals surface area contributed by atoms with Gasteiger partial charge in [0.05, 0.1) is 13.4 Å². The van der Waals surface area contributed by atoms with E-state index in [9.17, 15) is 0 Å². The predicted molar refractivity (Wildman–Crippen MR) is 90.8 cm³/mol. The first-order valence-corrected chi connectivity index (χ1v) is 8.14. The van der Waals surface area contributed by atoms with Gasteiger partial charge < -0.3 is 24.1 Å². The molecular formula is C17H19N5O3. The molecule has 3 aromatic rings. The van der Waals surface area contributed by atoms with Crippen molar-refractivity contribution in [3.63, 3.8) is 0 Å². The van der Waals surface area contributed by atoms with E-state index in [0.717, 1.165) is 43.2 Å². The molecule has 1 aliphatic rings.